The minimum Gasteiger partial charge on any atom is -0.383 e. The number of benzene rings is 1. The fourth-order valence-corrected chi connectivity index (χ4v) is 2.41. The van der Waals surface area contributed by atoms with E-state index in [-0.39, 0.29) is 17.4 Å². The number of nitrogens with one attached hydrogen (secondary N) is 2. The SMILES string of the molecule is O=C(c1ccc([N+](=O)[O-])[nH]1)N1CCCNc2ccccc21. The van der Waals surface area contributed by atoms with Crippen molar-refractivity contribution in [2.75, 3.05) is 23.3 Å². The van der Waals surface area contributed by atoms with Crippen molar-refractivity contribution in [1.82, 2.24) is 4.98 Å². The molecule has 1 aromatic heterocycles. The molecule has 0 saturated heterocycles. The second-order valence-corrected chi connectivity index (χ2v) is 4.77. The molecular weight excluding hydrogens is 272 g/mol. The number of para-hydroxylation sites is 2. The van der Waals surface area contributed by atoms with Crippen LogP contribution >= 0.6 is 0 Å². The normalized spacial score (nSPS) is 14.0. The third-order valence-electron chi connectivity index (χ3n) is 3.41. The van der Waals surface area contributed by atoms with Gasteiger partial charge in [0.25, 0.3) is 5.91 Å². The number of carbonyl (C=O) groups is 1. The number of hydrogen-bond donors (Lipinski definition) is 2. The van der Waals surface area contributed by atoms with Gasteiger partial charge < -0.3 is 20.3 Å². The van der Waals surface area contributed by atoms with Gasteiger partial charge in [-0.2, -0.15) is 0 Å². The number of amides is 1. The Morgan fingerprint density at radius 2 is 2.05 bits per heavy atom. The zero-order chi connectivity index (χ0) is 14.8. The van der Waals surface area contributed by atoms with Crippen LogP contribution in [0.4, 0.5) is 17.2 Å². The van der Waals surface area contributed by atoms with E-state index in [4.69, 9.17) is 0 Å². The quantitative estimate of drug-likeness (QED) is 0.655. The molecule has 21 heavy (non-hydrogen) atoms. The van der Waals surface area contributed by atoms with Crippen molar-refractivity contribution >= 4 is 23.1 Å². The molecule has 2 aromatic rings. The minimum atomic E-state index is -0.547. The summed E-state index contributed by atoms with van der Waals surface area (Å²) in [4.78, 5) is 26.9. The Morgan fingerprint density at radius 1 is 1.24 bits per heavy atom. The van der Waals surface area contributed by atoms with Crippen molar-refractivity contribution in [3.05, 3.63) is 52.2 Å². The number of nitrogens with zero attached hydrogens (tertiary/aromatic N) is 2. The highest BCUT2D eigenvalue weighted by molar-refractivity contribution is 6.07. The monoisotopic (exact) mass is 286 g/mol. The summed E-state index contributed by atoms with van der Waals surface area (Å²) < 4.78 is 0. The molecule has 0 radical (unpaired) electrons. The summed E-state index contributed by atoms with van der Waals surface area (Å²) in [6.45, 7) is 1.35. The second-order valence-electron chi connectivity index (χ2n) is 4.77. The number of aromatic nitrogens is 1. The number of hydrogen-bond acceptors (Lipinski definition) is 4. The summed E-state index contributed by atoms with van der Waals surface area (Å²) in [6.07, 6.45) is 0.809. The minimum absolute atomic E-state index is 0.181. The van der Waals surface area contributed by atoms with E-state index >= 15 is 0 Å². The van der Waals surface area contributed by atoms with Gasteiger partial charge in [0.1, 0.15) is 0 Å². The number of nitro groups is 1. The van der Waals surface area contributed by atoms with E-state index in [0.717, 1.165) is 24.3 Å². The van der Waals surface area contributed by atoms with Crippen molar-refractivity contribution in [3.8, 4) is 0 Å². The van der Waals surface area contributed by atoms with E-state index in [1.807, 2.05) is 24.3 Å². The topological polar surface area (TPSA) is 91.3 Å². The van der Waals surface area contributed by atoms with Crippen molar-refractivity contribution in [2.45, 2.75) is 6.42 Å². The average Bonchev–Trinajstić information content (AvgIpc) is 2.88. The van der Waals surface area contributed by atoms with Crippen molar-refractivity contribution in [1.29, 1.82) is 0 Å². The van der Waals surface area contributed by atoms with Crippen LogP contribution in [-0.2, 0) is 0 Å². The molecule has 108 valence electrons. The Balaban J connectivity index is 1.95. The Labute approximate surface area is 120 Å². The maximum absolute atomic E-state index is 12.6. The summed E-state index contributed by atoms with van der Waals surface area (Å²) in [5.74, 6) is -0.446. The third-order valence-corrected chi connectivity index (χ3v) is 3.41. The first kappa shape index (κ1) is 13.2. The van der Waals surface area contributed by atoms with Gasteiger partial charge in [-0.3, -0.25) is 4.79 Å². The van der Waals surface area contributed by atoms with E-state index in [0.29, 0.717) is 6.54 Å². The fraction of sp³-hybridized carbons (Fsp3) is 0.214. The molecule has 2 heterocycles. The van der Waals surface area contributed by atoms with Crippen molar-refractivity contribution in [2.24, 2.45) is 0 Å². The Hall–Kier alpha value is -2.83. The lowest BCUT2D eigenvalue weighted by atomic mass is 10.2. The number of H-pyrrole nitrogens is 1. The molecule has 0 saturated carbocycles. The number of rotatable bonds is 2. The first-order chi connectivity index (χ1) is 10.2. The highest BCUT2D eigenvalue weighted by Crippen LogP contribution is 2.29. The standard InChI is InChI=1S/C14H14N4O3/c19-14(11-6-7-13(16-11)18(20)21)17-9-3-8-15-10-4-1-2-5-12(10)17/h1-2,4-7,15-16H,3,8-9H2. The first-order valence-electron chi connectivity index (χ1n) is 6.65. The van der Waals surface area contributed by atoms with Gasteiger partial charge in [-0.1, -0.05) is 12.1 Å². The highest BCUT2D eigenvalue weighted by Gasteiger charge is 2.25. The van der Waals surface area contributed by atoms with Crippen LogP contribution in [0.3, 0.4) is 0 Å². The van der Waals surface area contributed by atoms with Gasteiger partial charge in [0.15, 0.2) is 5.69 Å². The van der Waals surface area contributed by atoms with E-state index in [9.17, 15) is 14.9 Å². The van der Waals surface area contributed by atoms with Crippen LogP contribution in [0.5, 0.6) is 0 Å². The second kappa shape index (κ2) is 5.28. The summed E-state index contributed by atoms with van der Waals surface area (Å²) in [5.41, 5.74) is 1.90. The molecule has 7 heteroatoms. The molecular formula is C14H14N4O3. The van der Waals surface area contributed by atoms with Crippen LogP contribution in [0.25, 0.3) is 0 Å². The number of anilines is 2. The largest absolute Gasteiger partial charge is 0.383 e. The summed E-state index contributed by atoms with van der Waals surface area (Å²) >= 11 is 0. The molecule has 2 N–H and O–H groups in total. The Morgan fingerprint density at radius 3 is 2.81 bits per heavy atom. The lowest BCUT2D eigenvalue weighted by Crippen LogP contribution is -2.31. The molecule has 1 aliphatic rings. The molecule has 0 spiro atoms. The molecule has 7 nitrogen and oxygen atoms in total. The molecule has 1 amide bonds. The highest BCUT2D eigenvalue weighted by atomic mass is 16.6. The zero-order valence-electron chi connectivity index (χ0n) is 11.2. The van der Waals surface area contributed by atoms with Crippen molar-refractivity contribution in [3.63, 3.8) is 0 Å². The molecule has 1 aliphatic heterocycles. The third kappa shape index (κ3) is 2.45. The van der Waals surface area contributed by atoms with Crippen molar-refractivity contribution < 1.29 is 9.72 Å². The molecule has 3 rings (SSSR count). The maximum atomic E-state index is 12.6. The van der Waals surface area contributed by atoms with Crippen LogP contribution in [0.15, 0.2) is 36.4 Å². The van der Waals surface area contributed by atoms with Crippen LogP contribution in [-0.4, -0.2) is 28.9 Å². The lowest BCUT2D eigenvalue weighted by Gasteiger charge is -2.20. The van der Waals surface area contributed by atoms with Gasteiger partial charge in [-0.25, -0.2) is 4.98 Å². The van der Waals surface area contributed by atoms with E-state index < -0.39 is 4.92 Å². The van der Waals surface area contributed by atoms with E-state index in [2.05, 4.69) is 10.3 Å². The van der Waals surface area contributed by atoms with Gasteiger partial charge in [0, 0.05) is 19.2 Å². The summed E-state index contributed by atoms with van der Waals surface area (Å²) in [6, 6.07) is 10.3. The predicted octanol–water partition coefficient (Wildman–Crippen LogP) is 2.39. The predicted molar refractivity (Wildman–Crippen MR) is 78.7 cm³/mol. The molecule has 0 atom stereocenters. The van der Waals surface area contributed by atoms with Crippen LogP contribution < -0.4 is 10.2 Å². The van der Waals surface area contributed by atoms with Gasteiger partial charge in [0.05, 0.1) is 11.4 Å². The van der Waals surface area contributed by atoms with Gasteiger partial charge in [-0.05, 0) is 29.5 Å². The molecule has 0 aliphatic carbocycles. The number of carbonyl (C=O) groups excluding carboxylic acids is 1. The fourth-order valence-electron chi connectivity index (χ4n) is 2.41. The van der Waals surface area contributed by atoms with Gasteiger partial charge in [-0.15, -0.1) is 0 Å². The van der Waals surface area contributed by atoms with Gasteiger partial charge >= 0.3 is 5.82 Å². The lowest BCUT2D eigenvalue weighted by molar-refractivity contribution is -0.389. The first-order valence-corrected chi connectivity index (χ1v) is 6.65. The maximum Gasteiger partial charge on any atom is 0.321 e. The number of aromatic amines is 1. The zero-order valence-corrected chi connectivity index (χ0v) is 11.2. The summed E-state index contributed by atoms with van der Waals surface area (Å²) in [5, 5.41) is 14.0. The van der Waals surface area contributed by atoms with Gasteiger partial charge in [0.2, 0.25) is 0 Å². The average molecular weight is 286 g/mol. The van der Waals surface area contributed by atoms with E-state index in [1.54, 1.807) is 4.90 Å². The number of fused-ring (bicyclic) bond motifs is 1. The van der Waals surface area contributed by atoms with Crippen LogP contribution in [0.1, 0.15) is 16.9 Å². The molecule has 0 bridgehead atoms. The van der Waals surface area contributed by atoms with E-state index in [1.165, 1.54) is 12.1 Å². The molecule has 0 fully saturated rings. The van der Waals surface area contributed by atoms with Crippen LogP contribution in [0, 0.1) is 10.1 Å². The molecule has 1 aromatic carbocycles. The Kier molecular flexibility index (Phi) is 3.31. The van der Waals surface area contributed by atoms with Crippen LogP contribution in [0.2, 0.25) is 0 Å². The summed E-state index contributed by atoms with van der Waals surface area (Å²) in [7, 11) is 0. The molecule has 0 unspecified atom stereocenters. The smallest absolute Gasteiger partial charge is 0.321 e. The Bertz CT molecular complexity index is 695.